The average Bonchev–Trinajstić information content (AvgIpc) is 2.74. The number of unbranched alkanes of at least 4 members (excludes halogenated alkanes) is 1. The second-order valence-corrected chi connectivity index (χ2v) is 6.98. The molecule has 1 fully saturated rings. The van der Waals surface area contributed by atoms with Crippen LogP contribution in [0.15, 0.2) is 47.3 Å². The monoisotopic (exact) mass is 384 g/mol. The first-order valence-electron chi connectivity index (χ1n) is 9.91. The molecule has 1 aromatic carbocycles. The highest BCUT2D eigenvalue weighted by Gasteiger charge is 2.21. The van der Waals surface area contributed by atoms with Crippen LogP contribution in [0.3, 0.4) is 0 Å². The van der Waals surface area contributed by atoms with E-state index in [1.54, 1.807) is 0 Å². The standard InChI is InChI=1S/C21H28N4O3/c1-2-3-11-25-20(26)10-9-18(23-25)21(27)22-19(17-7-5-4-6-8-17)16-24-12-14-28-15-13-24/h4-10,19H,2-3,11-16H2,1H3,(H,22,27). The van der Waals surface area contributed by atoms with Crippen LogP contribution in [0.5, 0.6) is 0 Å². The number of carbonyl (C=O) groups excluding carboxylic acids is 1. The maximum atomic E-state index is 12.9. The summed E-state index contributed by atoms with van der Waals surface area (Å²) in [5, 5.41) is 7.36. The van der Waals surface area contributed by atoms with Crippen LogP contribution in [-0.4, -0.2) is 53.4 Å². The first kappa shape index (κ1) is 20.2. The third kappa shape index (κ3) is 5.50. The fourth-order valence-electron chi connectivity index (χ4n) is 3.23. The summed E-state index contributed by atoms with van der Waals surface area (Å²) in [5.74, 6) is -0.271. The maximum Gasteiger partial charge on any atom is 0.272 e. The average molecular weight is 384 g/mol. The van der Waals surface area contributed by atoms with Crippen LogP contribution in [-0.2, 0) is 11.3 Å². The number of aryl methyl sites for hydroxylation is 1. The molecule has 0 bridgehead atoms. The summed E-state index contributed by atoms with van der Waals surface area (Å²) in [5.41, 5.74) is 1.12. The van der Waals surface area contributed by atoms with Gasteiger partial charge in [-0.2, -0.15) is 5.10 Å². The molecule has 1 unspecified atom stereocenters. The minimum Gasteiger partial charge on any atom is -0.379 e. The predicted molar refractivity (Wildman–Crippen MR) is 107 cm³/mol. The van der Waals surface area contributed by atoms with E-state index in [1.807, 2.05) is 30.3 Å². The van der Waals surface area contributed by atoms with E-state index in [4.69, 9.17) is 4.74 Å². The molecule has 0 saturated carbocycles. The predicted octanol–water partition coefficient (Wildman–Crippen LogP) is 1.85. The highest BCUT2D eigenvalue weighted by atomic mass is 16.5. The van der Waals surface area contributed by atoms with Gasteiger partial charge >= 0.3 is 0 Å². The number of amides is 1. The fraction of sp³-hybridized carbons (Fsp3) is 0.476. The van der Waals surface area contributed by atoms with Crippen molar-refractivity contribution in [1.82, 2.24) is 20.0 Å². The molecule has 0 aliphatic carbocycles. The van der Waals surface area contributed by atoms with Gasteiger partial charge in [-0.15, -0.1) is 0 Å². The summed E-state index contributed by atoms with van der Waals surface area (Å²) in [4.78, 5) is 27.1. The van der Waals surface area contributed by atoms with E-state index in [1.165, 1.54) is 16.8 Å². The molecule has 3 rings (SSSR count). The highest BCUT2D eigenvalue weighted by Crippen LogP contribution is 2.16. The third-order valence-electron chi connectivity index (χ3n) is 4.87. The van der Waals surface area contributed by atoms with Crippen molar-refractivity contribution in [2.24, 2.45) is 0 Å². The van der Waals surface area contributed by atoms with Crippen LogP contribution in [0.4, 0.5) is 0 Å². The van der Waals surface area contributed by atoms with Gasteiger partial charge in [0.15, 0.2) is 0 Å². The van der Waals surface area contributed by atoms with Crippen molar-refractivity contribution in [3.8, 4) is 0 Å². The summed E-state index contributed by atoms with van der Waals surface area (Å²) in [7, 11) is 0. The van der Waals surface area contributed by atoms with Gasteiger partial charge < -0.3 is 10.1 Å². The molecule has 1 aromatic heterocycles. The molecule has 0 spiro atoms. The Kier molecular flexibility index (Phi) is 7.33. The molecule has 1 N–H and O–H groups in total. The minimum absolute atomic E-state index is 0.162. The quantitative estimate of drug-likeness (QED) is 0.752. The number of nitrogens with zero attached hydrogens (tertiary/aromatic N) is 3. The Morgan fingerprint density at radius 2 is 1.93 bits per heavy atom. The molecule has 150 valence electrons. The lowest BCUT2D eigenvalue weighted by Gasteiger charge is -2.31. The first-order valence-corrected chi connectivity index (χ1v) is 9.91. The van der Waals surface area contributed by atoms with E-state index >= 15 is 0 Å². The SMILES string of the molecule is CCCCn1nc(C(=O)NC(CN2CCOCC2)c2ccccc2)ccc1=O. The van der Waals surface area contributed by atoms with Crippen LogP contribution < -0.4 is 10.9 Å². The highest BCUT2D eigenvalue weighted by molar-refractivity contribution is 5.92. The van der Waals surface area contributed by atoms with Crippen molar-refractivity contribution < 1.29 is 9.53 Å². The van der Waals surface area contributed by atoms with Gasteiger partial charge in [-0.25, -0.2) is 4.68 Å². The van der Waals surface area contributed by atoms with Gasteiger partial charge in [0.25, 0.3) is 11.5 Å². The van der Waals surface area contributed by atoms with Gasteiger partial charge in [-0.05, 0) is 18.1 Å². The zero-order valence-corrected chi connectivity index (χ0v) is 16.3. The topological polar surface area (TPSA) is 76.5 Å². The largest absolute Gasteiger partial charge is 0.379 e. The van der Waals surface area contributed by atoms with Crippen LogP contribution >= 0.6 is 0 Å². The van der Waals surface area contributed by atoms with E-state index in [-0.39, 0.29) is 23.2 Å². The molecule has 0 radical (unpaired) electrons. The van der Waals surface area contributed by atoms with Crippen molar-refractivity contribution in [1.29, 1.82) is 0 Å². The van der Waals surface area contributed by atoms with E-state index in [2.05, 4.69) is 22.2 Å². The second-order valence-electron chi connectivity index (χ2n) is 6.98. The lowest BCUT2D eigenvalue weighted by Crippen LogP contribution is -2.43. The summed E-state index contributed by atoms with van der Waals surface area (Å²) in [6, 6.07) is 12.7. The molecule has 7 heteroatoms. The third-order valence-corrected chi connectivity index (χ3v) is 4.87. The lowest BCUT2D eigenvalue weighted by atomic mass is 10.1. The molecular weight excluding hydrogens is 356 g/mol. The number of hydrogen-bond acceptors (Lipinski definition) is 5. The van der Waals surface area contributed by atoms with Crippen molar-refractivity contribution in [3.05, 3.63) is 64.1 Å². The van der Waals surface area contributed by atoms with Gasteiger partial charge in [0.1, 0.15) is 5.69 Å². The van der Waals surface area contributed by atoms with Gasteiger partial charge in [0, 0.05) is 32.2 Å². The van der Waals surface area contributed by atoms with Crippen LogP contribution in [0.2, 0.25) is 0 Å². The summed E-state index contributed by atoms with van der Waals surface area (Å²) in [6.07, 6.45) is 1.81. The summed E-state index contributed by atoms with van der Waals surface area (Å²) in [6.45, 7) is 6.39. The first-order chi connectivity index (χ1) is 13.7. The van der Waals surface area contributed by atoms with Crippen molar-refractivity contribution in [2.45, 2.75) is 32.4 Å². The van der Waals surface area contributed by atoms with Crippen LogP contribution in [0.1, 0.15) is 41.9 Å². The number of rotatable bonds is 8. The van der Waals surface area contributed by atoms with Gasteiger partial charge in [-0.3, -0.25) is 14.5 Å². The second kappa shape index (κ2) is 10.1. The zero-order valence-electron chi connectivity index (χ0n) is 16.3. The Morgan fingerprint density at radius 3 is 2.64 bits per heavy atom. The number of ether oxygens (including phenoxy) is 1. The Labute approximate surface area is 165 Å². The lowest BCUT2D eigenvalue weighted by molar-refractivity contribution is 0.0332. The molecule has 1 saturated heterocycles. The smallest absolute Gasteiger partial charge is 0.272 e. The van der Waals surface area contributed by atoms with Gasteiger partial charge in [-0.1, -0.05) is 43.7 Å². The number of carbonyl (C=O) groups is 1. The molecule has 2 heterocycles. The number of aromatic nitrogens is 2. The zero-order chi connectivity index (χ0) is 19.8. The Balaban J connectivity index is 1.76. The molecule has 7 nitrogen and oxygen atoms in total. The van der Waals surface area contributed by atoms with Crippen molar-refractivity contribution in [3.63, 3.8) is 0 Å². The molecule has 28 heavy (non-hydrogen) atoms. The van der Waals surface area contributed by atoms with Crippen LogP contribution in [0.25, 0.3) is 0 Å². The number of nitrogens with one attached hydrogen (secondary N) is 1. The van der Waals surface area contributed by atoms with Crippen molar-refractivity contribution >= 4 is 5.91 Å². The van der Waals surface area contributed by atoms with E-state index < -0.39 is 0 Å². The van der Waals surface area contributed by atoms with E-state index in [0.717, 1.165) is 31.5 Å². The van der Waals surface area contributed by atoms with Crippen LogP contribution in [0, 0.1) is 0 Å². The normalized spacial score (nSPS) is 15.9. The Hall–Kier alpha value is -2.51. The number of benzene rings is 1. The summed E-state index contributed by atoms with van der Waals surface area (Å²) < 4.78 is 6.80. The minimum atomic E-state index is -0.271. The van der Waals surface area contributed by atoms with Gasteiger partial charge in [0.2, 0.25) is 0 Å². The maximum absolute atomic E-state index is 12.9. The number of hydrogen-bond donors (Lipinski definition) is 1. The molecular formula is C21H28N4O3. The molecule has 1 atom stereocenters. The molecule has 1 amide bonds. The molecule has 2 aromatic rings. The van der Waals surface area contributed by atoms with E-state index in [0.29, 0.717) is 26.3 Å². The Morgan fingerprint density at radius 1 is 1.18 bits per heavy atom. The van der Waals surface area contributed by atoms with Crippen molar-refractivity contribution in [2.75, 3.05) is 32.8 Å². The fourth-order valence-corrected chi connectivity index (χ4v) is 3.23. The Bertz CT molecular complexity index is 816. The van der Waals surface area contributed by atoms with E-state index in [9.17, 15) is 9.59 Å². The molecule has 1 aliphatic rings. The van der Waals surface area contributed by atoms with Gasteiger partial charge in [0.05, 0.1) is 19.3 Å². The molecule has 1 aliphatic heterocycles. The summed E-state index contributed by atoms with van der Waals surface area (Å²) >= 11 is 0. The number of morpholine rings is 1.